The van der Waals surface area contributed by atoms with Crippen molar-refractivity contribution in [2.24, 2.45) is 0 Å². The Labute approximate surface area is 147 Å². The number of rotatable bonds is 7. The van der Waals surface area contributed by atoms with Crippen LogP contribution in [-0.2, 0) is 4.74 Å². The first-order valence-corrected chi connectivity index (χ1v) is 7.86. The third-order valence-electron chi connectivity index (χ3n) is 3.48. The van der Waals surface area contributed by atoms with Gasteiger partial charge in [0.2, 0.25) is 0 Å². The van der Waals surface area contributed by atoms with Crippen LogP contribution >= 0.6 is 0 Å². The summed E-state index contributed by atoms with van der Waals surface area (Å²) in [5.41, 5.74) is 1.40. The molecule has 0 aliphatic carbocycles. The maximum absolute atomic E-state index is 12.4. The van der Waals surface area contributed by atoms with Crippen molar-refractivity contribution >= 4 is 17.5 Å². The second-order valence-corrected chi connectivity index (χ2v) is 5.56. The van der Waals surface area contributed by atoms with Crippen LogP contribution in [0.2, 0.25) is 0 Å². The van der Waals surface area contributed by atoms with E-state index in [2.05, 4.69) is 5.32 Å². The summed E-state index contributed by atoms with van der Waals surface area (Å²) in [5, 5.41) is 2.79. The molecule has 0 bridgehead atoms. The van der Waals surface area contributed by atoms with Gasteiger partial charge in [-0.3, -0.25) is 9.59 Å². The number of benzene rings is 2. The zero-order chi connectivity index (χ0) is 18.2. The van der Waals surface area contributed by atoms with Crippen LogP contribution in [0.25, 0.3) is 0 Å². The van der Waals surface area contributed by atoms with Crippen LogP contribution in [0.5, 0.6) is 5.75 Å². The summed E-state index contributed by atoms with van der Waals surface area (Å²) in [5.74, 6) is 0.206. The Kier molecular flexibility index (Phi) is 6.54. The van der Waals surface area contributed by atoms with Gasteiger partial charge in [0.05, 0.1) is 17.9 Å². The topological polar surface area (TPSA) is 67.9 Å². The second-order valence-electron chi connectivity index (χ2n) is 5.56. The monoisotopic (exact) mass is 342 g/mol. The predicted molar refractivity (Wildman–Crippen MR) is 96.2 cm³/mol. The van der Waals surface area contributed by atoms with Crippen molar-refractivity contribution in [3.8, 4) is 5.75 Å². The average molecular weight is 342 g/mol. The van der Waals surface area contributed by atoms with E-state index < -0.39 is 0 Å². The number of carbonyl (C=O) groups is 2. The number of hydrogen-bond donors (Lipinski definition) is 1. The predicted octanol–water partition coefficient (Wildman–Crippen LogP) is 2.67. The number of para-hydroxylation sites is 1. The summed E-state index contributed by atoms with van der Waals surface area (Å²) in [6.45, 7) is 0.945. The number of nitrogens with one attached hydrogen (secondary N) is 1. The fourth-order valence-corrected chi connectivity index (χ4v) is 2.16. The lowest BCUT2D eigenvalue weighted by Gasteiger charge is -2.14. The van der Waals surface area contributed by atoms with Crippen LogP contribution in [-0.4, -0.2) is 51.1 Å². The lowest BCUT2D eigenvalue weighted by Crippen LogP contribution is -2.24. The largest absolute Gasteiger partial charge is 0.491 e. The van der Waals surface area contributed by atoms with Crippen LogP contribution in [0.3, 0.4) is 0 Å². The number of nitrogens with zero attached hydrogens (tertiary/aromatic N) is 1. The molecule has 0 saturated heterocycles. The molecule has 25 heavy (non-hydrogen) atoms. The number of amides is 2. The van der Waals surface area contributed by atoms with E-state index in [9.17, 15) is 9.59 Å². The van der Waals surface area contributed by atoms with Crippen molar-refractivity contribution in [2.75, 3.05) is 39.7 Å². The quantitative estimate of drug-likeness (QED) is 0.786. The number of hydrogen-bond acceptors (Lipinski definition) is 4. The molecule has 0 spiro atoms. The van der Waals surface area contributed by atoms with Gasteiger partial charge < -0.3 is 19.7 Å². The number of methoxy groups -OCH3 is 1. The van der Waals surface area contributed by atoms with E-state index in [-0.39, 0.29) is 11.8 Å². The fourth-order valence-electron chi connectivity index (χ4n) is 2.16. The van der Waals surface area contributed by atoms with Gasteiger partial charge in [0.15, 0.2) is 0 Å². The molecule has 2 rings (SSSR count). The molecular weight excluding hydrogens is 320 g/mol. The van der Waals surface area contributed by atoms with Gasteiger partial charge in [0, 0.05) is 26.8 Å². The molecule has 6 nitrogen and oxygen atoms in total. The Morgan fingerprint density at radius 3 is 2.32 bits per heavy atom. The second kappa shape index (κ2) is 8.84. The molecule has 0 aromatic heterocycles. The summed E-state index contributed by atoms with van der Waals surface area (Å²) in [7, 11) is 4.95. The van der Waals surface area contributed by atoms with Gasteiger partial charge in [0.1, 0.15) is 12.4 Å². The third kappa shape index (κ3) is 5.06. The van der Waals surface area contributed by atoms with Crippen molar-refractivity contribution < 1.29 is 19.1 Å². The minimum atomic E-state index is -0.289. The highest BCUT2D eigenvalue weighted by atomic mass is 16.5. The number of carbonyl (C=O) groups excluding carboxylic acids is 2. The molecule has 0 heterocycles. The summed E-state index contributed by atoms with van der Waals surface area (Å²) < 4.78 is 10.4. The van der Waals surface area contributed by atoms with Gasteiger partial charge in [-0.2, -0.15) is 0 Å². The minimum Gasteiger partial charge on any atom is -0.491 e. The Hall–Kier alpha value is -2.86. The maximum Gasteiger partial charge on any atom is 0.255 e. The van der Waals surface area contributed by atoms with Crippen molar-refractivity contribution in [3.63, 3.8) is 0 Å². The van der Waals surface area contributed by atoms with E-state index in [1.165, 1.54) is 4.90 Å². The molecule has 0 aliphatic heterocycles. The van der Waals surface area contributed by atoms with Gasteiger partial charge in [-0.1, -0.05) is 12.1 Å². The highest BCUT2D eigenvalue weighted by Crippen LogP contribution is 2.19. The highest BCUT2D eigenvalue weighted by molar-refractivity contribution is 6.08. The molecular formula is C19H22N2O4. The maximum atomic E-state index is 12.4. The molecule has 2 aromatic carbocycles. The van der Waals surface area contributed by atoms with Crippen LogP contribution in [0.4, 0.5) is 5.69 Å². The van der Waals surface area contributed by atoms with E-state index in [1.54, 1.807) is 69.7 Å². The third-order valence-corrected chi connectivity index (χ3v) is 3.48. The molecule has 6 heteroatoms. The van der Waals surface area contributed by atoms with Gasteiger partial charge >= 0.3 is 0 Å². The van der Waals surface area contributed by atoms with Crippen LogP contribution in [0, 0.1) is 0 Å². The molecule has 0 atom stereocenters. The number of anilines is 1. The Morgan fingerprint density at radius 2 is 1.68 bits per heavy atom. The smallest absolute Gasteiger partial charge is 0.255 e. The molecule has 132 valence electrons. The minimum absolute atomic E-state index is 0.169. The lowest BCUT2D eigenvalue weighted by molar-refractivity contribution is 0.0828. The van der Waals surface area contributed by atoms with E-state index in [1.807, 2.05) is 0 Å². The van der Waals surface area contributed by atoms with Gasteiger partial charge in [-0.25, -0.2) is 0 Å². The number of ether oxygens (including phenoxy) is 2. The first-order chi connectivity index (χ1) is 12.0. The SMILES string of the molecule is COCCOc1ccc(C(=O)Nc2ccccc2C(=O)N(C)C)cc1. The molecule has 0 aliphatic rings. The zero-order valence-electron chi connectivity index (χ0n) is 14.6. The van der Waals surface area contributed by atoms with Crippen molar-refractivity contribution in [3.05, 3.63) is 59.7 Å². The van der Waals surface area contributed by atoms with Gasteiger partial charge in [-0.15, -0.1) is 0 Å². The standard InChI is InChI=1S/C19H22N2O4/c1-21(2)19(23)16-6-4-5-7-17(16)20-18(22)14-8-10-15(11-9-14)25-13-12-24-3/h4-11H,12-13H2,1-3H3,(H,20,22). The molecule has 1 N–H and O–H groups in total. The summed E-state index contributed by atoms with van der Waals surface area (Å²) in [4.78, 5) is 26.1. The van der Waals surface area contributed by atoms with E-state index in [4.69, 9.17) is 9.47 Å². The molecule has 0 saturated carbocycles. The van der Waals surface area contributed by atoms with Crippen LogP contribution in [0.1, 0.15) is 20.7 Å². The highest BCUT2D eigenvalue weighted by Gasteiger charge is 2.15. The van der Waals surface area contributed by atoms with Crippen molar-refractivity contribution in [2.45, 2.75) is 0 Å². The Balaban J connectivity index is 2.09. The fraction of sp³-hybridized carbons (Fsp3) is 0.263. The van der Waals surface area contributed by atoms with E-state index in [0.717, 1.165) is 0 Å². The lowest BCUT2D eigenvalue weighted by atomic mass is 10.1. The summed E-state index contributed by atoms with van der Waals surface area (Å²) in [6, 6.07) is 13.7. The van der Waals surface area contributed by atoms with Crippen molar-refractivity contribution in [1.29, 1.82) is 0 Å². The molecule has 2 amide bonds. The van der Waals surface area contributed by atoms with E-state index >= 15 is 0 Å². The molecule has 2 aromatic rings. The average Bonchev–Trinajstić information content (AvgIpc) is 2.62. The zero-order valence-corrected chi connectivity index (χ0v) is 14.6. The summed E-state index contributed by atoms with van der Waals surface area (Å²) >= 11 is 0. The first-order valence-electron chi connectivity index (χ1n) is 7.86. The Morgan fingerprint density at radius 1 is 1.00 bits per heavy atom. The van der Waals surface area contributed by atoms with Crippen molar-refractivity contribution in [1.82, 2.24) is 4.90 Å². The first kappa shape index (κ1) is 18.5. The molecule has 0 unspecified atom stereocenters. The summed E-state index contributed by atoms with van der Waals surface area (Å²) in [6.07, 6.45) is 0. The van der Waals surface area contributed by atoms with E-state index in [0.29, 0.717) is 35.8 Å². The normalized spacial score (nSPS) is 10.2. The van der Waals surface area contributed by atoms with Crippen LogP contribution < -0.4 is 10.1 Å². The van der Waals surface area contributed by atoms with Gasteiger partial charge in [-0.05, 0) is 36.4 Å². The Bertz CT molecular complexity index is 726. The molecule has 0 radical (unpaired) electrons. The van der Waals surface area contributed by atoms with Crippen LogP contribution in [0.15, 0.2) is 48.5 Å². The van der Waals surface area contributed by atoms with Gasteiger partial charge in [0.25, 0.3) is 11.8 Å². The molecule has 0 fully saturated rings.